The Balaban J connectivity index is 1.35. The standard InChI is InChI=1S/C23H26N4O2/c1-17-6-8-19(9-7-17)29-16-22(28)25-14-15-27-21-5-3-2-4-20(21)23(26-27)18-10-12-24-13-11-18/h6-13H,2-5,14-16H2,1H3,(H,25,28). The first kappa shape index (κ1) is 19.2. The zero-order valence-corrected chi connectivity index (χ0v) is 16.7. The first-order valence-electron chi connectivity index (χ1n) is 10.2. The fourth-order valence-electron chi connectivity index (χ4n) is 3.73. The van der Waals surface area contributed by atoms with E-state index in [1.54, 1.807) is 12.4 Å². The van der Waals surface area contributed by atoms with Gasteiger partial charge in [0.2, 0.25) is 0 Å². The highest BCUT2D eigenvalue weighted by Gasteiger charge is 2.21. The molecule has 0 fully saturated rings. The van der Waals surface area contributed by atoms with Crippen molar-refractivity contribution < 1.29 is 9.53 Å². The molecule has 0 atom stereocenters. The van der Waals surface area contributed by atoms with Crippen LogP contribution in [0.2, 0.25) is 0 Å². The van der Waals surface area contributed by atoms with Gasteiger partial charge in [0.15, 0.2) is 6.61 Å². The van der Waals surface area contributed by atoms with Crippen molar-refractivity contribution in [3.8, 4) is 17.0 Å². The van der Waals surface area contributed by atoms with Gasteiger partial charge in [0.25, 0.3) is 5.91 Å². The van der Waals surface area contributed by atoms with Crippen LogP contribution in [0, 0.1) is 6.92 Å². The lowest BCUT2D eigenvalue weighted by Crippen LogP contribution is -2.32. The summed E-state index contributed by atoms with van der Waals surface area (Å²) in [6, 6.07) is 11.7. The number of rotatable bonds is 7. The van der Waals surface area contributed by atoms with Gasteiger partial charge in [-0.1, -0.05) is 17.7 Å². The second-order valence-electron chi connectivity index (χ2n) is 7.39. The number of aromatic nitrogens is 3. The summed E-state index contributed by atoms with van der Waals surface area (Å²) in [6.45, 7) is 3.22. The van der Waals surface area contributed by atoms with Crippen LogP contribution >= 0.6 is 0 Å². The van der Waals surface area contributed by atoms with Crippen LogP contribution in [0.3, 0.4) is 0 Å². The lowest BCUT2D eigenvalue weighted by atomic mass is 9.94. The molecule has 29 heavy (non-hydrogen) atoms. The van der Waals surface area contributed by atoms with Crippen LogP contribution in [0.1, 0.15) is 29.7 Å². The van der Waals surface area contributed by atoms with Crippen molar-refractivity contribution in [3.63, 3.8) is 0 Å². The van der Waals surface area contributed by atoms with Crippen molar-refractivity contribution in [1.82, 2.24) is 20.1 Å². The fraction of sp³-hybridized carbons (Fsp3) is 0.348. The van der Waals surface area contributed by atoms with E-state index in [-0.39, 0.29) is 12.5 Å². The lowest BCUT2D eigenvalue weighted by Gasteiger charge is -2.14. The molecule has 0 saturated carbocycles. The third-order valence-corrected chi connectivity index (χ3v) is 5.25. The maximum absolute atomic E-state index is 12.1. The predicted molar refractivity (Wildman–Crippen MR) is 112 cm³/mol. The highest BCUT2D eigenvalue weighted by atomic mass is 16.5. The summed E-state index contributed by atoms with van der Waals surface area (Å²) in [4.78, 5) is 16.2. The van der Waals surface area contributed by atoms with E-state index in [0.717, 1.165) is 29.7 Å². The van der Waals surface area contributed by atoms with E-state index in [4.69, 9.17) is 9.84 Å². The number of carbonyl (C=O) groups excluding carboxylic acids is 1. The second kappa shape index (κ2) is 8.90. The Hall–Kier alpha value is -3.15. The smallest absolute Gasteiger partial charge is 0.258 e. The van der Waals surface area contributed by atoms with Crippen LogP contribution < -0.4 is 10.1 Å². The molecule has 1 amide bonds. The molecule has 2 aromatic heterocycles. The second-order valence-corrected chi connectivity index (χ2v) is 7.39. The Morgan fingerprint density at radius 1 is 1.10 bits per heavy atom. The molecule has 1 aromatic carbocycles. The molecule has 1 aliphatic carbocycles. The Labute approximate surface area is 170 Å². The number of nitrogens with one attached hydrogen (secondary N) is 1. The first-order valence-corrected chi connectivity index (χ1v) is 10.2. The molecule has 2 heterocycles. The zero-order chi connectivity index (χ0) is 20.1. The van der Waals surface area contributed by atoms with Gasteiger partial charge in [0.05, 0.1) is 12.2 Å². The lowest BCUT2D eigenvalue weighted by molar-refractivity contribution is -0.123. The molecule has 3 aromatic rings. The van der Waals surface area contributed by atoms with Gasteiger partial charge in [-0.2, -0.15) is 5.10 Å². The van der Waals surface area contributed by atoms with Gasteiger partial charge in [-0.15, -0.1) is 0 Å². The minimum atomic E-state index is -0.124. The highest BCUT2D eigenvalue weighted by molar-refractivity contribution is 5.77. The SMILES string of the molecule is Cc1ccc(OCC(=O)NCCn2nc(-c3ccncc3)c3c2CCCC3)cc1. The Bertz CT molecular complexity index is 965. The van der Waals surface area contributed by atoms with Crippen molar-refractivity contribution in [2.24, 2.45) is 0 Å². The largest absolute Gasteiger partial charge is 0.484 e. The van der Waals surface area contributed by atoms with Crippen molar-refractivity contribution in [3.05, 3.63) is 65.6 Å². The van der Waals surface area contributed by atoms with Crippen LogP contribution in [0.25, 0.3) is 11.3 Å². The number of hydrogen-bond acceptors (Lipinski definition) is 4. The maximum atomic E-state index is 12.1. The van der Waals surface area contributed by atoms with Gasteiger partial charge < -0.3 is 10.1 Å². The zero-order valence-electron chi connectivity index (χ0n) is 16.7. The molecular formula is C23H26N4O2. The van der Waals surface area contributed by atoms with E-state index in [2.05, 4.69) is 15.0 Å². The molecule has 0 radical (unpaired) electrons. The molecule has 0 spiro atoms. The Morgan fingerprint density at radius 3 is 2.66 bits per heavy atom. The summed E-state index contributed by atoms with van der Waals surface area (Å²) in [6.07, 6.45) is 8.09. The topological polar surface area (TPSA) is 69.0 Å². The van der Waals surface area contributed by atoms with Gasteiger partial charge in [-0.3, -0.25) is 14.5 Å². The van der Waals surface area contributed by atoms with Crippen LogP contribution in [0.5, 0.6) is 5.75 Å². The Kier molecular flexibility index (Phi) is 5.89. The van der Waals surface area contributed by atoms with E-state index in [0.29, 0.717) is 18.8 Å². The molecule has 6 heteroatoms. The number of pyridine rings is 1. The van der Waals surface area contributed by atoms with Crippen LogP contribution in [0.15, 0.2) is 48.8 Å². The molecule has 0 aliphatic heterocycles. The number of fused-ring (bicyclic) bond motifs is 1. The van der Waals surface area contributed by atoms with Crippen molar-refractivity contribution in [2.75, 3.05) is 13.2 Å². The average molecular weight is 390 g/mol. The van der Waals surface area contributed by atoms with Gasteiger partial charge in [-0.25, -0.2) is 0 Å². The van der Waals surface area contributed by atoms with Gasteiger partial charge in [-0.05, 0) is 56.9 Å². The molecule has 0 bridgehead atoms. The number of nitrogens with zero attached hydrogens (tertiary/aromatic N) is 3. The fourth-order valence-corrected chi connectivity index (χ4v) is 3.73. The molecule has 150 valence electrons. The monoisotopic (exact) mass is 390 g/mol. The molecule has 1 aliphatic rings. The van der Waals surface area contributed by atoms with Crippen molar-refractivity contribution >= 4 is 5.91 Å². The molecule has 4 rings (SSSR count). The predicted octanol–water partition coefficient (Wildman–Crippen LogP) is 3.33. The number of carbonyl (C=O) groups is 1. The number of ether oxygens (including phenoxy) is 1. The minimum Gasteiger partial charge on any atom is -0.484 e. The van der Waals surface area contributed by atoms with E-state index in [1.807, 2.05) is 43.3 Å². The summed E-state index contributed by atoms with van der Waals surface area (Å²) in [5.41, 5.74) is 5.96. The highest BCUT2D eigenvalue weighted by Crippen LogP contribution is 2.30. The third kappa shape index (κ3) is 4.65. The van der Waals surface area contributed by atoms with Crippen molar-refractivity contribution in [1.29, 1.82) is 0 Å². The van der Waals surface area contributed by atoms with Crippen molar-refractivity contribution in [2.45, 2.75) is 39.2 Å². The first-order chi connectivity index (χ1) is 14.2. The quantitative estimate of drug-likeness (QED) is 0.672. The maximum Gasteiger partial charge on any atom is 0.258 e. The van der Waals surface area contributed by atoms with E-state index in [9.17, 15) is 4.79 Å². The normalized spacial score (nSPS) is 13.0. The average Bonchev–Trinajstić information content (AvgIpc) is 3.13. The van der Waals surface area contributed by atoms with Crippen LogP contribution in [-0.4, -0.2) is 33.8 Å². The number of amides is 1. The number of benzene rings is 1. The molecule has 0 saturated heterocycles. The summed E-state index contributed by atoms with van der Waals surface area (Å²) in [5, 5.41) is 7.80. The van der Waals surface area contributed by atoms with Gasteiger partial charge in [0, 0.05) is 35.8 Å². The van der Waals surface area contributed by atoms with E-state index >= 15 is 0 Å². The number of hydrogen-bond donors (Lipinski definition) is 1. The summed E-state index contributed by atoms with van der Waals surface area (Å²) in [7, 11) is 0. The molecule has 0 unspecified atom stereocenters. The van der Waals surface area contributed by atoms with Crippen LogP contribution in [-0.2, 0) is 24.2 Å². The Morgan fingerprint density at radius 2 is 1.86 bits per heavy atom. The minimum absolute atomic E-state index is 0.0164. The number of aryl methyl sites for hydroxylation is 1. The summed E-state index contributed by atoms with van der Waals surface area (Å²) < 4.78 is 7.60. The van der Waals surface area contributed by atoms with E-state index < -0.39 is 0 Å². The third-order valence-electron chi connectivity index (χ3n) is 5.25. The molecule has 1 N–H and O–H groups in total. The molecule has 6 nitrogen and oxygen atoms in total. The van der Waals surface area contributed by atoms with Gasteiger partial charge in [0.1, 0.15) is 5.75 Å². The summed E-state index contributed by atoms with van der Waals surface area (Å²) >= 11 is 0. The van der Waals surface area contributed by atoms with Crippen LogP contribution in [0.4, 0.5) is 0 Å². The van der Waals surface area contributed by atoms with Gasteiger partial charge >= 0.3 is 0 Å². The summed E-state index contributed by atoms with van der Waals surface area (Å²) in [5.74, 6) is 0.579. The van der Waals surface area contributed by atoms with E-state index in [1.165, 1.54) is 24.1 Å². The molecular weight excluding hydrogens is 364 g/mol.